The summed E-state index contributed by atoms with van der Waals surface area (Å²) in [6.07, 6.45) is 9.54. The molecule has 1 aliphatic carbocycles. The largest absolute Gasteiger partial charge is 0.396 e. The van der Waals surface area contributed by atoms with Crippen LogP contribution in [0, 0.1) is 11.8 Å². The third-order valence-electron chi connectivity index (χ3n) is 3.52. The molecule has 0 amide bonds. The zero-order valence-electron chi connectivity index (χ0n) is 10.2. The second-order valence-corrected chi connectivity index (χ2v) is 5.14. The van der Waals surface area contributed by atoms with E-state index in [2.05, 4.69) is 12.2 Å². The second-order valence-electron chi connectivity index (χ2n) is 5.14. The fourth-order valence-corrected chi connectivity index (χ4v) is 2.36. The summed E-state index contributed by atoms with van der Waals surface area (Å²) < 4.78 is 0. The van der Waals surface area contributed by atoms with Gasteiger partial charge in [0.05, 0.1) is 0 Å². The third kappa shape index (κ3) is 6.16. The van der Waals surface area contributed by atoms with Crippen molar-refractivity contribution in [2.24, 2.45) is 11.8 Å². The molecule has 0 spiro atoms. The van der Waals surface area contributed by atoms with Crippen LogP contribution in [0.25, 0.3) is 0 Å². The Labute approximate surface area is 94.5 Å². The zero-order chi connectivity index (χ0) is 10.9. The van der Waals surface area contributed by atoms with Crippen molar-refractivity contribution in [2.75, 3.05) is 19.7 Å². The SMILES string of the molecule is CC(CO)CCCNCC1CCCCC1. The van der Waals surface area contributed by atoms with Crippen LogP contribution in [-0.2, 0) is 0 Å². The number of aliphatic hydroxyl groups is 1. The smallest absolute Gasteiger partial charge is 0.0456 e. The summed E-state index contributed by atoms with van der Waals surface area (Å²) in [4.78, 5) is 0. The Morgan fingerprint density at radius 2 is 2.00 bits per heavy atom. The topological polar surface area (TPSA) is 32.3 Å². The van der Waals surface area contributed by atoms with Crippen molar-refractivity contribution in [1.29, 1.82) is 0 Å². The van der Waals surface area contributed by atoms with Crippen molar-refractivity contribution in [2.45, 2.75) is 51.9 Å². The maximum atomic E-state index is 8.87. The van der Waals surface area contributed by atoms with Gasteiger partial charge in [-0.3, -0.25) is 0 Å². The zero-order valence-corrected chi connectivity index (χ0v) is 10.2. The molecule has 0 aromatic rings. The van der Waals surface area contributed by atoms with Crippen molar-refractivity contribution < 1.29 is 5.11 Å². The van der Waals surface area contributed by atoms with Crippen LogP contribution in [0.3, 0.4) is 0 Å². The van der Waals surface area contributed by atoms with Crippen LogP contribution in [0.15, 0.2) is 0 Å². The molecule has 1 saturated carbocycles. The molecule has 1 unspecified atom stereocenters. The monoisotopic (exact) mass is 213 g/mol. The van der Waals surface area contributed by atoms with E-state index in [0.29, 0.717) is 12.5 Å². The van der Waals surface area contributed by atoms with Gasteiger partial charge in [-0.25, -0.2) is 0 Å². The minimum Gasteiger partial charge on any atom is -0.396 e. The standard InChI is InChI=1S/C13H27NO/c1-12(11-15)6-5-9-14-10-13-7-3-2-4-8-13/h12-15H,2-11H2,1H3. The van der Waals surface area contributed by atoms with E-state index in [1.807, 2.05) is 0 Å². The summed E-state index contributed by atoms with van der Waals surface area (Å²) in [5.41, 5.74) is 0. The average molecular weight is 213 g/mol. The molecule has 0 radical (unpaired) electrons. The van der Waals surface area contributed by atoms with Gasteiger partial charge >= 0.3 is 0 Å². The molecule has 2 N–H and O–H groups in total. The van der Waals surface area contributed by atoms with Gasteiger partial charge in [0.25, 0.3) is 0 Å². The van der Waals surface area contributed by atoms with Gasteiger partial charge in [-0.05, 0) is 50.6 Å². The second kappa shape index (κ2) is 8.12. The molecule has 0 aromatic heterocycles. The first kappa shape index (κ1) is 13.0. The van der Waals surface area contributed by atoms with E-state index >= 15 is 0 Å². The molecule has 1 rings (SSSR count). The molecule has 15 heavy (non-hydrogen) atoms. The predicted octanol–water partition coefficient (Wildman–Crippen LogP) is 2.56. The maximum absolute atomic E-state index is 8.87. The molecule has 1 fully saturated rings. The van der Waals surface area contributed by atoms with Crippen LogP contribution in [0.5, 0.6) is 0 Å². The lowest BCUT2D eigenvalue weighted by Gasteiger charge is -2.21. The Balaban J connectivity index is 1.87. The lowest BCUT2D eigenvalue weighted by atomic mass is 9.89. The van der Waals surface area contributed by atoms with E-state index in [1.54, 1.807) is 0 Å². The van der Waals surface area contributed by atoms with Gasteiger partial charge in [0.1, 0.15) is 0 Å². The Morgan fingerprint density at radius 3 is 2.67 bits per heavy atom. The highest BCUT2D eigenvalue weighted by Gasteiger charge is 2.12. The Kier molecular flexibility index (Phi) is 7.03. The summed E-state index contributed by atoms with van der Waals surface area (Å²) in [5.74, 6) is 1.41. The molecule has 90 valence electrons. The highest BCUT2D eigenvalue weighted by atomic mass is 16.3. The predicted molar refractivity (Wildman–Crippen MR) is 64.9 cm³/mol. The van der Waals surface area contributed by atoms with Gasteiger partial charge < -0.3 is 10.4 Å². The Hall–Kier alpha value is -0.0800. The first-order chi connectivity index (χ1) is 7.33. The van der Waals surface area contributed by atoms with E-state index in [-0.39, 0.29) is 0 Å². The molecule has 0 saturated heterocycles. The molecule has 0 heterocycles. The summed E-state index contributed by atoms with van der Waals surface area (Å²) in [6.45, 7) is 4.79. The molecule has 2 heteroatoms. The summed E-state index contributed by atoms with van der Waals surface area (Å²) in [6, 6.07) is 0. The number of hydrogen-bond donors (Lipinski definition) is 2. The van der Waals surface area contributed by atoms with Crippen LogP contribution in [0.2, 0.25) is 0 Å². The van der Waals surface area contributed by atoms with Crippen LogP contribution in [0.4, 0.5) is 0 Å². The van der Waals surface area contributed by atoms with Crippen LogP contribution >= 0.6 is 0 Å². The van der Waals surface area contributed by atoms with Crippen molar-refractivity contribution in [3.8, 4) is 0 Å². The van der Waals surface area contributed by atoms with Crippen LogP contribution in [0.1, 0.15) is 51.9 Å². The van der Waals surface area contributed by atoms with Crippen molar-refractivity contribution >= 4 is 0 Å². The number of hydrogen-bond acceptors (Lipinski definition) is 2. The highest BCUT2D eigenvalue weighted by Crippen LogP contribution is 2.22. The van der Waals surface area contributed by atoms with Gasteiger partial charge in [-0.15, -0.1) is 0 Å². The third-order valence-corrected chi connectivity index (χ3v) is 3.52. The molecule has 0 aliphatic heterocycles. The van der Waals surface area contributed by atoms with E-state index in [4.69, 9.17) is 5.11 Å². The lowest BCUT2D eigenvalue weighted by molar-refractivity contribution is 0.227. The van der Waals surface area contributed by atoms with E-state index in [9.17, 15) is 0 Å². The van der Waals surface area contributed by atoms with Gasteiger partial charge in [-0.2, -0.15) is 0 Å². The lowest BCUT2D eigenvalue weighted by Crippen LogP contribution is -2.25. The molecule has 0 aromatic carbocycles. The molecule has 1 aliphatic rings. The summed E-state index contributed by atoms with van der Waals surface area (Å²) in [5, 5.41) is 12.4. The first-order valence-corrected chi connectivity index (χ1v) is 6.64. The van der Waals surface area contributed by atoms with Gasteiger partial charge in [0.2, 0.25) is 0 Å². The summed E-state index contributed by atoms with van der Waals surface area (Å²) >= 11 is 0. The number of nitrogens with one attached hydrogen (secondary N) is 1. The van der Waals surface area contributed by atoms with Crippen molar-refractivity contribution in [3.05, 3.63) is 0 Å². The average Bonchev–Trinajstić information content (AvgIpc) is 2.29. The fourth-order valence-electron chi connectivity index (χ4n) is 2.36. The molecular formula is C13H27NO. The van der Waals surface area contributed by atoms with E-state index < -0.39 is 0 Å². The summed E-state index contributed by atoms with van der Waals surface area (Å²) in [7, 11) is 0. The minimum absolute atomic E-state index is 0.336. The van der Waals surface area contributed by atoms with Gasteiger partial charge in [0.15, 0.2) is 0 Å². The van der Waals surface area contributed by atoms with Crippen LogP contribution < -0.4 is 5.32 Å². The normalized spacial score (nSPS) is 20.4. The van der Waals surface area contributed by atoms with Gasteiger partial charge in [0, 0.05) is 6.61 Å². The number of aliphatic hydroxyl groups excluding tert-OH is 1. The van der Waals surface area contributed by atoms with E-state index in [0.717, 1.165) is 18.9 Å². The molecule has 2 nitrogen and oxygen atoms in total. The Morgan fingerprint density at radius 1 is 1.27 bits per heavy atom. The highest BCUT2D eigenvalue weighted by molar-refractivity contribution is 4.68. The maximum Gasteiger partial charge on any atom is 0.0456 e. The molecule has 0 bridgehead atoms. The Bertz CT molecular complexity index is 143. The van der Waals surface area contributed by atoms with Crippen molar-refractivity contribution in [1.82, 2.24) is 5.32 Å². The molecular weight excluding hydrogens is 186 g/mol. The minimum atomic E-state index is 0.336. The van der Waals surface area contributed by atoms with E-state index in [1.165, 1.54) is 45.1 Å². The number of rotatable bonds is 7. The van der Waals surface area contributed by atoms with Crippen molar-refractivity contribution in [3.63, 3.8) is 0 Å². The van der Waals surface area contributed by atoms with Gasteiger partial charge in [-0.1, -0.05) is 26.2 Å². The quantitative estimate of drug-likeness (QED) is 0.637. The molecule has 1 atom stereocenters. The van der Waals surface area contributed by atoms with Crippen LogP contribution in [-0.4, -0.2) is 24.8 Å². The first-order valence-electron chi connectivity index (χ1n) is 6.64. The fraction of sp³-hybridized carbons (Fsp3) is 1.00.